The molecule has 0 unspecified atom stereocenters. The van der Waals surface area contributed by atoms with Crippen molar-refractivity contribution in [1.29, 1.82) is 0 Å². The monoisotopic (exact) mass is 384 g/mol. The van der Waals surface area contributed by atoms with Gasteiger partial charge in [-0.25, -0.2) is 0 Å². The number of benzene rings is 3. The van der Waals surface area contributed by atoms with Crippen LogP contribution in [0, 0.1) is 6.92 Å². The minimum atomic E-state index is 0.480. The number of hydrogen-bond donors (Lipinski definition) is 0. The molecule has 1 aromatic heterocycles. The standard InChI is InChI=1S/C23H17ClN4/c1-15-26-27-22-14-25-23(17-7-10-19(24)11-8-17)20-13-18(9-12-21(20)28(15)22)16-5-3-2-4-6-16/h2-13H,14H2,1H3. The first kappa shape index (κ1) is 16.9. The molecule has 3 aromatic carbocycles. The van der Waals surface area contributed by atoms with E-state index >= 15 is 0 Å². The third-order valence-corrected chi connectivity index (χ3v) is 5.24. The summed E-state index contributed by atoms with van der Waals surface area (Å²) in [7, 11) is 0. The fourth-order valence-corrected chi connectivity index (χ4v) is 3.77. The Kier molecular flexibility index (Phi) is 4.06. The summed E-state index contributed by atoms with van der Waals surface area (Å²) in [5.74, 6) is 1.70. The average Bonchev–Trinajstić information content (AvgIpc) is 3.01. The largest absolute Gasteiger partial charge is 0.281 e. The Balaban J connectivity index is 1.76. The summed E-state index contributed by atoms with van der Waals surface area (Å²) in [5, 5.41) is 9.29. The van der Waals surface area contributed by atoms with Crippen molar-refractivity contribution in [3.63, 3.8) is 0 Å². The Labute approximate surface area is 168 Å². The van der Waals surface area contributed by atoms with Crippen molar-refractivity contribution in [3.05, 3.63) is 101 Å². The first-order valence-electron chi connectivity index (χ1n) is 9.12. The van der Waals surface area contributed by atoms with Crippen LogP contribution in [-0.4, -0.2) is 20.5 Å². The molecule has 2 heterocycles. The van der Waals surface area contributed by atoms with Crippen molar-refractivity contribution in [2.24, 2.45) is 4.99 Å². The van der Waals surface area contributed by atoms with Crippen LogP contribution >= 0.6 is 11.6 Å². The summed E-state index contributed by atoms with van der Waals surface area (Å²) < 4.78 is 2.09. The molecule has 1 aliphatic rings. The zero-order valence-corrected chi connectivity index (χ0v) is 16.1. The lowest BCUT2D eigenvalue weighted by Crippen LogP contribution is -2.08. The number of fused-ring (bicyclic) bond motifs is 3. The Bertz CT molecular complexity index is 1190. The first-order valence-corrected chi connectivity index (χ1v) is 9.50. The molecule has 0 amide bonds. The van der Waals surface area contributed by atoms with Crippen LogP contribution < -0.4 is 0 Å². The van der Waals surface area contributed by atoms with Crippen LogP contribution in [0.5, 0.6) is 0 Å². The van der Waals surface area contributed by atoms with E-state index in [1.807, 2.05) is 37.3 Å². The Hall–Kier alpha value is -3.24. The first-order chi connectivity index (χ1) is 13.7. The predicted octanol–water partition coefficient (Wildman–Crippen LogP) is 5.25. The van der Waals surface area contributed by atoms with E-state index in [1.165, 1.54) is 5.56 Å². The summed E-state index contributed by atoms with van der Waals surface area (Å²) in [5.41, 5.74) is 6.40. The topological polar surface area (TPSA) is 43.1 Å². The molecule has 0 fully saturated rings. The second kappa shape index (κ2) is 6.73. The van der Waals surface area contributed by atoms with E-state index < -0.39 is 0 Å². The van der Waals surface area contributed by atoms with Crippen LogP contribution in [0.1, 0.15) is 22.8 Å². The maximum absolute atomic E-state index is 6.10. The lowest BCUT2D eigenvalue weighted by Gasteiger charge is -2.14. The molecule has 0 spiro atoms. The highest BCUT2D eigenvalue weighted by molar-refractivity contribution is 6.30. The number of nitrogens with zero attached hydrogens (tertiary/aromatic N) is 4. The third kappa shape index (κ3) is 2.83. The Morgan fingerprint density at radius 2 is 1.57 bits per heavy atom. The van der Waals surface area contributed by atoms with Gasteiger partial charge in [0.15, 0.2) is 5.82 Å². The Morgan fingerprint density at radius 1 is 0.821 bits per heavy atom. The predicted molar refractivity (Wildman–Crippen MR) is 112 cm³/mol. The van der Waals surface area contributed by atoms with Crippen LogP contribution in [0.2, 0.25) is 5.02 Å². The summed E-state index contributed by atoms with van der Waals surface area (Å²) >= 11 is 6.10. The van der Waals surface area contributed by atoms with Crippen molar-refractivity contribution < 1.29 is 0 Å². The fourth-order valence-electron chi connectivity index (χ4n) is 3.64. The van der Waals surface area contributed by atoms with Gasteiger partial charge in [0.2, 0.25) is 0 Å². The average molecular weight is 385 g/mol. The van der Waals surface area contributed by atoms with Gasteiger partial charge in [-0.2, -0.15) is 0 Å². The smallest absolute Gasteiger partial charge is 0.159 e. The van der Waals surface area contributed by atoms with Gasteiger partial charge in [-0.3, -0.25) is 9.56 Å². The van der Waals surface area contributed by atoms with E-state index in [2.05, 4.69) is 57.2 Å². The van der Waals surface area contributed by atoms with E-state index in [-0.39, 0.29) is 0 Å². The van der Waals surface area contributed by atoms with E-state index in [4.69, 9.17) is 16.6 Å². The second-order valence-corrected chi connectivity index (χ2v) is 7.20. The van der Waals surface area contributed by atoms with Gasteiger partial charge in [0, 0.05) is 16.1 Å². The molecule has 0 atom stereocenters. The summed E-state index contributed by atoms with van der Waals surface area (Å²) in [4.78, 5) is 4.90. The van der Waals surface area contributed by atoms with Crippen LogP contribution in [-0.2, 0) is 6.54 Å². The minimum Gasteiger partial charge on any atom is -0.281 e. The molecule has 0 radical (unpaired) electrons. The molecule has 1 aliphatic heterocycles. The number of rotatable bonds is 2. The SMILES string of the molecule is Cc1nnc2n1-c1ccc(-c3ccccc3)cc1C(c1ccc(Cl)cc1)=NC2. The van der Waals surface area contributed by atoms with Gasteiger partial charge in [0.1, 0.15) is 12.4 Å². The molecule has 4 nitrogen and oxygen atoms in total. The highest BCUT2D eigenvalue weighted by Gasteiger charge is 2.22. The van der Waals surface area contributed by atoms with Crippen LogP contribution in [0.15, 0.2) is 77.8 Å². The molecule has 0 aliphatic carbocycles. The number of aliphatic imine (C=N–C) groups is 1. The third-order valence-electron chi connectivity index (χ3n) is 4.99. The van der Waals surface area contributed by atoms with Gasteiger partial charge in [0.25, 0.3) is 0 Å². The summed E-state index contributed by atoms with van der Waals surface area (Å²) in [6.45, 7) is 2.45. The van der Waals surface area contributed by atoms with Gasteiger partial charge >= 0.3 is 0 Å². The number of hydrogen-bond acceptors (Lipinski definition) is 3. The molecule has 136 valence electrons. The molecule has 0 saturated carbocycles. The number of aryl methyl sites for hydroxylation is 1. The minimum absolute atomic E-state index is 0.480. The molecule has 4 aromatic rings. The maximum atomic E-state index is 6.10. The fraction of sp³-hybridized carbons (Fsp3) is 0.0870. The summed E-state index contributed by atoms with van der Waals surface area (Å²) in [6.07, 6.45) is 0. The highest BCUT2D eigenvalue weighted by Crippen LogP contribution is 2.30. The molecule has 28 heavy (non-hydrogen) atoms. The van der Waals surface area contributed by atoms with Crippen molar-refractivity contribution in [2.75, 3.05) is 0 Å². The molecule has 5 rings (SSSR count). The highest BCUT2D eigenvalue weighted by atomic mass is 35.5. The molecule has 0 saturated heterocycles. The molecule has 0 N–H and O–H groups in total. The lowest BCUT2D eigenvalue weighted by molar-refractivity contribution is 0.862. The van der Waals surface area contributed by atoms with Crippen LogP contribution in [0.4, 0.5) is 0 Å². The zero-order valence-electron chi connectivity index (χ0n) is 15.3. The van der Waals surface area contributed by atoms with Gasteiger partial charge in [-0.05, 0) is 42.3 Å². The quantitative estimate of drug-likeness (QED) is 0.474. The van der Waals surface area contributed by atoms with E-state index in [0.717, 1.165) is 39.7 Å². The van der Waals surface area contributed by atoms with Crippen molar-refractivity contribution in [1.82, 2.24) is 14.8 Å². The van der Waals surface area contributed by atoms with Gasteiger partial charge in [-0.15, -0.1) is 10.2 Å². The van der Waals surface area contributed by atoms with Gasteiger partial charge in [0.05, 0.1) is 11.4 Å². The van der Waals surface area contributed by atoms with E-state index in [1.54, 1.807) is 0 Å². The second-order valence-electron chi connectivity index (χ2n) is 6.77. The number of aromatic nitrogens is 3. The van der Waals surface area contributed by atoms with E-state index in [0.29, 0.717) is 11.6 Å². The zero-order chi connectivity index (χ0) is 19.1. The van der Waals surface area contributed by atoms with Crippen molar-refractivity contribution in [2.45, 2.75) is 13.5 Å². The number of halogens is 1. The lowest BCUT2D eigenvalue weighted by atomic mass is 9.96. The van der Waals surface area contributed by atoms with Crippen molar-refractivity contribution in [3.8, 4) is 16.8 Å². The van der Waals surface area contributed by atoms with Gasteiger partial charge in [-0.1, -0.05) is 60.1 Å². The van der Waals surface area contributed by atoms with Gasteiger partial charge < -0.3 is 0 Å². The summed E-state index contributed by atoms with van der Waals surface area (Å²) in [6, 6.07) is 24.7. The molecular formula is C23H17ClN4. The van der Waals surface area contributed by atoms with Crippen LogP contribution in [0.3, 0.4) is 0 Å². The Morgan fingerprint density at radius 3 is 2.36 bits per heavy atom. The van der Waals surface area contributed by atoms with Crippen LogP contribution in [0.25, 0.3) is 16.8 Å². The molecule has 5 heteroatoms. The van der Waals surface area contributed by atoms with Crippen molar-refractivity contribution >= 4 is 17.3 Å². The molecule has 0 bridgehead atoms. The maximum Gasteiger partial charge on any atom is 0.159 e. The molecular weight excluding hydrogens is 368 g/mol. The normalized spacial score (nSPS) is 12.7. The van der Waals surface area contributed by atoms with E-state index in [9.17, 15) is 0 Å².